The van der Waals surface area contributed by atoms with Gasteiger partial charge < -0.3 is 10.2 Å². The van der Waals surface area contributed by atoms with Gasteiger partial charge in [0.25, 0.3) is 0 Å². The summed E-state index contributed by atoms with van der Waals surface area (Å²) in [4.78, 5) is 5.08. The quantitative estimate of drug-likeness (QED) is 0.766. The summed E-state index contributed by atoms with van der Waals surface area (Å²) in [6.07, 6.45) is 2.53. The van der Waals surface area contributed by atoms with Crippen LogP contribution in [0.4, 0.5) is 0 Å². The first-order valence-electron chi connectivity index (χ1n) is 6.81. The molecule has 1 N–H and O–H groups in total. The van der Waals surface area contributed by atoms with E-state index in [0.717, 1.165) is 6.54 Å². The molecule has 96 valence electrons. The molecule has 1 fully saturated rings. The first-order valence-corrected chi connectivity index (χ1v) is 6.81. The molecule has 3 heteroatoms. The fraction of sp³-hybridized carbons (Fsp3) is 1.00. The lowest BCUT2D eigenvalue weighted by Gasteiger charge is -2.32. The van der Waals surface area contributed by atoms with Crippen molar-refractivity contribution in [1.82, 2.24) is 15.1 Å². The second kappa shape index (κ2) is 7.25. The first kappa shape index (κ1) is 13.9. The number of nitrogens with zero attached hydrogens (tertiary/aromatic N) is 2. The molecule has 0 amide bonds. The van der Waals surface area contributed by atoms with Gasteiger partial charge in [0, 0.05) is 25.2 Å². The normalized spacial score (nSPS) is 24.0. The van der Waals surface area contributed by atoms with Gasteiger partial charge in [-0.05, 0) is 53.4 Å². The van der Waals surface area contributed by atoms with E-state index in [4.69, 9.17) is 0 Å². The average molecular weight is 227 g/mol. The second-order valence-electron chi connectivity index (χ2n) is 5.18. The van der Waals surface area contributed by atoms with E-state index in [1.807, 2.05) is 0 Å². The molecule has 0 bridgehead atoms. The third-order valence-electron chi connectivity index (χ3n) is 3.77. The Morgan fingerprint density at radius 3 is 2.56 bits per heavy atom. The molecule has 3 nitrogen and oxygen atoms in total. The highest BCUT2D eigenvalue weighted by Gasteiger charge is 2.21. The van der Waals surface area contributed by atoms with Crippen molar-refractivity contribution in [1.29, 1.82) is 0 Å². The van der Waals surface area contributed by atoms with Crippen LogP contribution in [-0.2, 0) is 0 Å². The molecule has 0 aromatic rings. The summed E-state index contributed by atoms with van der Waals surface area (Å²) in [7, 11) is 2.23. The molecular formula is C13H29N3. The number of rotatable bonds is 5. The number of hydrogen-bond donors (Lipinski definition) is 1. The maximum absolute atomic E-state index is 3.61. The molecule has 1 rings (SSSR count). The molecule has 0 spiro atoms. The summed E-state index contributed by atoms with van der Waals surface area (Å²) >= 11 is 0. The lowest BCUT2D eigenvalue weighted by Crippen LogP contribution is -2.48. The minimum atomic E-state index is 0.600. The van der Waals surface area contributed by atoms with Gasteiger partial charge in [0.2, 0.25) is 0 Å². The molecule has 16 heavy (non-hydrogen) atoms. The Kier molecular flexibility index (Phi) is 6.32. The van der Waals surface area contributed by atoms with Crippen LogP contribution in [-0.4, -0.2) is 61.7 Å². The maximum Gasteiger partial charge on any atom is 0.0218 e. The van der Waals surface area contributed by atoms with Gasteiger partial charge in [-0.25, -0.2) is 0 Å². The summed E-state index contributed by atoms with van der Waals surface area (Å²) < 4.78 is 0. The highest BCUT2D eigenvalue weighted by molar-refractivity contribution is 4.80. The Hall–Kier alpha value is -0.120. The topological polar surface area (TPSA) is 18.5 Å². The number of likely N-dealkylation sites (N-methyl/N-ethyl adjacent to an activating group) is 1. The molecule has 0 aromatic heterocycles. The second-order valence-corrected chi connectivity index (χ2v) is 5.18. The minimum Gasteiger partial charge on any atom is -0.313 e. The third-order valence-corrected chi connectivity index (χ3v) is 3.77. The predicted octanol–water partition coefficient (Wildman–Crippen LogP) is 1.40. The van der Waals surface area contributed by atoms with Crippen molar-refractivity contribution in [2.45, 2.75) is 45.7 Å². The average Bonchev–Trinajstić information content (AvgIpc) is 2.50. The van der Waals surface area contributed by atoms with Gasteiger partial charge >= 0.3 is 0 Å². The van der Waals surface area contributed by atoms with E-state index >= 15 is 0 Å². The van der Waals surface area contributed by atoms with Crippen LogP contribution in [0.25, 0.3) is 0 Å². The van der Waals surface area contributed by atoms with Crippen molar-refractivity contribution >= 4 is 0 Å². The summed E-state index contributed by atoms with van der Waals surface area (Å²) in [6.45, 7) is 13.0. The van der Waals surface area contributed by atoms with E-state index in [-0.39, 0.29) is 0 Å². The summed E-state index contributed by atoms with van der Waals surface area (Å²) in [6, 6.07) is 1.25. The largest absolute Gasteiger partial charge is 0.313 e. The molecule has 1 heterocycles. The molecule has 0 saturated carbocycles. The highest BCUT2D eigenvalue weighted by atomic mass is 15.2. The molecule has 1 aliphatic rings. The summed E-state index contributed by atoms with van der Waals surface area (Å²) in [5, 5.41) is 3.61. The molecule has 0 aliphatic carbocycles. The van der Waals surface area contributed by atoms with Crippen LogP contribution < -0.4 is 5.32 Å². The Bertz CT molecular complexity index is 184. The fourth-order valence-electron chi connectivity index (χ4n) is 2.33. The van der Waals surface area contributed by atoms with E-state index in [1.54, 1.807) is 0 Å². The van der Waals surface area contributed by atoms with Crippen molar-refractivity contribution in [3.8, 4) is 0 Å². The lowest BCUT2D eigenvalue weighted by molar-refractivity contribution is 0.180. The Morgan fingerprint density at radius 1 is 1.12 bits per heavy atom. The van der Waals surface area contributed by atoms with E-state index in [1.165, 1.54) is 39.0 Å². The van der Waals surface area contributed by atoms with Gasteiger partial charge in [-0.2, -0.15) is 0 Å². The van der Waals surface area contributed by atoms with Gasteiger partial charge in [-0.3, -0.25) is 4.90 Å². The fourth-order valence-corrected chi connectivity index (χ4v) is 2.33. The number of hydrogen-bond acceptors (Lipinski definition) is 3. The van der Waals surface area contributed by atoms with Crippen molar-refractivity contribution in [3.05, 3.63) is 0 Å². The third kappa shape index (κ3) is 4.40. The maximum atomic E-state index is 3.61. The molecule has 2 atom stereocenters. The van der Waals surface area contributed by atoms with Gasteiger partial charge in [0.1, 0.15) is 0 Å². The van der Waals surface area contributed by atoms with Gasteiger partial charge in [0.15, 0.2) is 0 Å². The van der Waals surface area contributed by atoms with Crippen LogP contribution in [0.15, 0.2) is 0 Å². The number of nitrogens with one attached hydrogen (secondary N) is 1. The van der Waals surface area contributed by atoms with Gasteiger partial charge in [-0.15, -0.1) is 0 Å². The van der Waals surface area contributed by atoms with E-state index in [2.05, 4.69) is 42.9 Å². The summed E-state index contributed by atoms with van der Waals surface area (Å²) in [5.41, 5.74) is 0. The van der Waals surface area contributed by atoms with Crippen molar-refractivity contribution in [2.24, 2.45) is 0 Å². The van der Waals surface area contributed by atoms with Crippen molar-refractivity contribution < 1.29 is 0 Å². The molecular weight excluding hydrogens is 198 g/mol. The smallest absolute Gasteiger partial charge is 0.0218 e. The van der Waals surface area contributed by atoms with Crippen LogP contribution in [0.5, 0.6) is 0 Å². The van der Waals surface area contributed by atoms with Crippen molar-refractivity contribution in [3.63, 3.8) is 0 Å². The molecule has 2 unspecified atom stereocenters. The first-order chi connectivity index (χ1) is 7.65. The van der Waals surface area contributed by atoms with Crippen LogP contribution in [0.2, 0.25) is 0 Å². The highest BCUT2D eigenvalue weighted by Crippen LogP contribution is 2.09. The molecule has 1 saturated heterocycles. The van der Waals surface area contributed by atoms with Crippen LogP contribution in [0.3, 0.4) is 0 Å². The Labute approximate surface area is 101 Å². The Morgan fingerprint density at radius 2 is 1.88 bits per heavy atom. The van der Waals surface area contributed by atoms with E-state index in [0.29, 0.717) is 12.1 Å². The van der Waals surface area contributed by atoms with Crippen LogP contribution in [0.1, 0.15) is 33.6 Å². The molecule has 1 aliphatic heterocycles. The zero-order valence-electron chi connectivity index (χ0n) is 11.5. The zero-order valence-corrected chi connectivity index (χ0v) is 11.5. The van der Waals surface area contributed by atoms with Gasteiger partial charge in [0.05, 0.1) is 0 Å². The van der Waals surface area contributed by atoms with Crippen molar-refractivity contribution in [2.75, 3.05) is 39.8 Å². The lowest BCUT2D eigenvalue weighted by atomic mass is 10.1. The van der Waals surface area contributed by atoms with E-state index < -0.39 is 0 Å². The van der Waals surface area contributed by atoms with E-state index in [9.17, 15) is 0 Å². The summed E-state index contributed by atoms with van der Waals surface area (Å²) in [5.74, 6) is 0. The van der Waals surface area contributed by atoms with Gasteiger partial charge in [-0.1, -0.05) is 6.92 Å². The standard InChI is InChI=1S/C13H29N3/c1-5-7-14-12(2)13(3)16-9-6-8-15(4)10-11-16/h12-14H,5-11H2,1-4H3. The Balaban J connectivity index is 2.36. The van der Waals surface area contributed by atoms with Crippen LogP contribution >= 0.6 is 0 Å². The SMILES string of the molecule is CCCNC(C)C(C)N1CCCN(C)CC1. The monoisotopic (exact) mass is 227 g/mol. The predicted molar refractivity (Wildman–Crippen MR) is 70.9 cm³/mol. The molecule has 0 radical (unpaired) electrons. The molecule has 0 aromatic carbocycles. The minimum absolute atomic E-state index is 0.600. The zero-order chi connectivity index (χ0) is 12.0. The van der Waals surface area contributed by atoms with Crippen LogP contribution in [0, 0.1) is 0 Å².